The molecule has 1 unspecified atom stereocenters. The second kappa shape index (κ2) is 4.85. The van der Waals surface area contributed by atoms with Crippen molar-refractivity contribution in [1.82, 2.24) is 4.72 Å². The molecule has 0 heterocycles. The molecule has 0 aliphatic rings. The maximum atomic E-state index is 12.0. The van der Waals surface area contributed by atoms with Gasteiger partial charge in [-0.3, -0.25) is 0 Å². The summed E-state index contributed by atoms with van der Waals surface area (Å²) in [5.41, 5.74) is 0.249. The van der Waals surface area contributed by atoms with Gasteiger partial charge in [0.15, 0.2) is 4.16 Å². The van der Waals surface area contributed by atoms with Gasteiger partial charge in [-0.1, -0.05) is 46.3 Å². The molecule has 5 heteroatoms. The molecule has 0 bridgehead atoms. The Hall–Kier alpha value is -0.390. The van der Waals surface area contributed by atoms with Gasteiger partial charge < -0.3 is 0 Å². The lowest BCUT2D eigenvalue weighted by Gasteiger charge is -2.22. The van der Waals surface area contributed by atoms with Crippen molar-refractivity contribution in [3.8, 4) is 0 Å². The maximum Gasteiger partial charge on any atom is 0.229 e. The van der Waals surface area contributed by atoms with E-state index >= 15 is 0 Å². The van der Waals surface area contributed by atoms with Gasteiger partial charge in [-0.2, -0.15) is 0 Å². The van der Waals surface area contributed by atoms with E-state index in [1.807, 2.05) is 39.0 Å². The van der Waals surface area contributed by atoms with E-state index in [0.29, 0.717) is 0 Å². The molecule has 90 valence electrons. The van der Waals surface area contributed by atoms with Crippen LogP contribution in [0.25, 0.3) is 0 Å². The molecule has 0 aliphatic heterocycles. The maximum absolute atomic E-state index is 12.0. The SMILES string of the molecule is CC(C)(C)NS(=O)(=O)C(Br)c1ccccc1. The quantitative estimate of drug-likeness (QED) is 0.873. The Morgan fingerprint density at radius 3 is 2.12 bits per heavy atom. The van der Waals surface area contributed by atoms with Gasteiger partial charge in [-0.25, -0.2) is 13.1 Å². The monoisotopic (exact) mass is 305 g/mol. The zero-order valence-electron chi connectivity index (χ0n) is 9.57. The summed E-state index contributed by atoms with van der Waals surface area (Å²) in [6.07, 6.45) is 0. The van der Waals surface area contributed by atoms with E-state index in [0.717, 1.165) is 5.56 Å². The minimum Gasteiger partial charge on any atom is -0.211 e. The number of hydrogen-bond acceptors (Lipinski definition) is 2. The molecule has 0 saturated heterocycles. The summed E-state index contributed by atoms with van der Waals surface area (Å²) >= 11 is 3.21. The predicted octanol–water partition coefficient (Wildman–Crippen LogP) is 2.80. The molecule has 0 radical (unpaired) electrons. The Kier molecular flexibility index (Phi) is 4.15. The van der Waals surface area contributed by atoms with Gasteiger partial charge in [-0.05, 0) is 26.3 Å². The molecule has 0 aromatic heterocycles. The van der Waals surface area contributed by atoms with Crippen molar-refractivity contribution >= 4 is 26.0 Å². The lowest BCUT2D eigenvalue weighted by atomic mass is 10.1. The number of nitrogens with one attached hydrogen (secondary N) is 1. The first-order chi connectivity index (χ1) is 7.22. The van der Waals surface area contributed by atoms with E-state index in [1.165, 1.54) is 0 Å². The van der Waals surface area contributed by atoms with Crippen molar-refractivity contribution < 1.29 is 8.42 Å². The van der Waals surface area contributed by atoms with Crippen LogP contribution in [-0.4, -0.2) is 14.0 Å². The summed E-state index contributed by atoms with van der Waals surface area (Å²) in [4.78, 5) is 0. The fraction of sp³-hybridized carbons (Fsp3) is 0.455. The van der Waals surface area contributed by atoms with Gasteiger partial charge in [-0.15, -0.1) is 0 Å². The highest BCUT2D eigenvalue weighted by atomic mass is 79.9. The molecule has 0 aliphatic carbocycles. The van der Waals surface area contributed by atoms with E-state index in [9.17, 15) is 8.42 Å². The highest BCUT2D eigenvalue weighted by molar-refractivity contribution is 9.10. The van der Waals surface area contributed by atoms with Crippen molar-refractivity contribution in [3.05, 3.63) is 35.9 Å². The van der Waals surface area contributed by atoms with Crippen molar-refractivity contribution in [2.45, 2.75) is 30.5 Å². The molecule has 1 atom stereocenters. The fourth-order valence-corrected chi connectivity index (χ4v) is 3.32. The summed E-state index contributed by atoms with van der Waals surface area (Å²) in [5.74, 6) is 0. The molecule has 3 nitrogen and oxygen atoms in total. The van der Waals surface area contributed by atoms with Gasteiger partial charge in [0.25, 0.3) is 0 Å². The third-order valence-electron chi connectivity index (χ3n) is 1.78. The van der Waals surface area contributed by atoms with Crippen LogP contribution >= 0.6 is 15.9 Å². The van der Waals surface area contributed by atoms with Crippen LogP contribution in [-0.2, 0) is 10.0 Å². The van der Waals surface area contributed by atoms with E-state index < -0.39 is 19.7 Å². The smallest absolute Gasteiger partial charge is 0.211 e. The van der Waals surface area contributed by atoms with E-state index in [2.05, 4.69) is 20.7 Å². The van der Waals surface area contributed by atoms with Gasteiger partial charge in [0, 0.05) is 5.54 Å². The Morgan fingerprint density at radius 1 is 1.19 bits per heavy atom. The highest BCUT2D eigenvalue weighted by Crippen LogP contribution is 2.28. The van der Waals surface area contributed by atoms with Crippen molar-refractivity contribution in [2.75, 3.05) is 0 Å². The Balaban J connectivity index is 2.94. The third-order valence-corrected chi connectivity index (χ3v) is 5.50. The lowest BCUT2D eigenvalue weighted by molar-refractivity contribution is 0.491. The van der Waals surface area contributed by atoms with Crippen LogP contribution in [0.5, 0.6) is 0 Å². The van der Waals surface area contributed by atoms with Gasteiger partial charge in [0.05, 0.1) is 0 Å². The van der Waals surface area contributed by atoms with Crippen LogP contribution in [0.4, 0.5) is 0 Å². The van der Waals surface area contributed by atoms with Crippen molar-refractivity contribution in [3.63, 3.8) is 0 Å². The van der Waals surface area contributed by atoms with Gasteiger partial charge in [0.1, 0.15) is 0 Å². The number of halogens is 1. The van der Waals surface area contributed by atoms with E-state index in [4.69, 9.17) is 0 Å². The zero-order chi connectivity index (χ0) is 12.4. The minimum absolute atomic E-state index is 0.473. The minimum atomic E-state index is -3.40. The van der Waals surface area contributed by atoms with Gasteiger partial charge in [0.2, 0.25) is 10.0 Å². The Morgan fingerprint density at radius 2 is 1.69 bits per heavy atom. The first kappa shape index (κ1) is 13.7. The molecule has 0 spiro atoms. The second-order valence-electron chi connectivity index (χ2n) is 4.62. The highest BCUT2D eigenvalue weighted by Gasteiger charge is 2.28. The van der Waals surface area contributed by atoms with Crippen LogP contribution in [0.2, 0.25) is 0 Å². The molecule has 1 aromatic carbocycles. The number of benzene rings is 1. The number of sulfonamides is 1. The molecule has 1 N–H and O–H groups in total. The molecule has 16 heavy (non-hydrogen) atoms. The van der Waals surface area contributed by atoms with Crippen molar-refractivity contribution in [1.29, 1.82) is 0 Å². The predicted molar refractivity (Wildman–Crippen MR) is 69.9 cm³/mol. The fourth-order valence-electron chi connectivity index (χ4n) is 1.26. The molecular weight excluding hydrogens is 290 g/mol. The molecular formula is C11H16BrNO2S. The number of hydrogen-bond donors (Lipinski definition) is 1. The van der Waals surface area contributed by atoms with E-state index in [-0.39, 0.29) is 0 Å². The van der Waals surface area contributed by atoms with Gasteiger partial charge >= 0.3 is 0 Å². The molecule has 1 aromatic rings. The summed E-state index contributed by atoms with van der Waals surface area (Å²) in [6.45, 7) is 5.44. The summed E-state index contributed by atoms with van der Waals surface area (Å²) < 4.78 is 25.9. The summed E-state index contributed by atoms with van der Waals surface area (Å²) in [7, 11) is -3.40. The summed E-state index contributed by atoms with van der Waals surface area (Å²) in [6, 6.07) is 9.04. The molecule has 0 fully saturated rings. The topological polar surface area (TPSA) is 46.2 Å². The standard InChI is InChI=1S/C11H16BrNO2S/c1-11(2,3)13-16(14,15)10(12)9-7-5-4-6-8-9/h4-8,10,13H,1-3H3. The molecule has 0 amide bonds. The average Bonchev–Trinajstić information content (AvgIpc) is 2.14. The number of alkyl halides is 1. The third kappa shape index (κ3) is 3.88. The van der Waals surface area contributed by atoms with Crippen LogP contribution in [0.15, 0.2) is 30.3 Å². The summed E-state index contributed by atoms with van der Waals surface area (Å²) in [5, 5.41) is 0. The largest absolute Gasteiger partial charge is 0.229 e. The van der Waals surface area contributed by atoms with Crippen LogP contribution in [0.3, 0.4) is 0 Å². The van der Waals surface area contributed by atoms with Crippen LogP contribution < -0.4 is 4.72 Å². The van der Waals surface area contributed by atoms with E-state index in [1.54, 1.807) is 12.1 Å². The molecule has 1 rings (SSSR count). The Bertz CT molecular complexity index is 437. The average molecular weight is 306 g/mol. The Labute approximate surface area is 105 Å². The lowest BCUT2D eigenvalue weighted by Crippen LogP contribution is -2.41. The first-order valence-electron chi connectivity index (χ1n) is 4.94. The molecule has 0 saturated carbocycles. The second-order valence-corrected chi connectivity index (χ2v) is 7.91. The normalized spacial score (nSPS) is 14.8. The van der Waals surface area contributed by atoms with Crippen LogP contribution in [0, 0.1) is 0 Å². The number of rotatable bonds is 3. The zero-order valence-corrected chi connectivity index (χ0v) is 12.0. The van der Waals surface area contributed by atoms with Crippen LogP contribution in [0.1, 0.15) is 30.5 Å². The van der Waals surface area contributed by atoms with Crippen molar-refractivity contribution in [2.24, 2.45) is 0 Å². The first-order valence-corrected chi connectivity index (χ1v) is 7.40.